The molecular weight excluding hydrogens is 436 g/mol. The molecule has 0 saturated carbocycles. The van der Waals surface area contributed by atoms with E-state index in [4.69, 9.17) is 0 Å². The van der Waals surface area contributed by atoms with Crippen molar-refractivity contribution < 1.29 is 22.4 Å². The summed E-state index contributed by atoms with van der Waals surface area (Å²) >= 11 is 0.775. The highest BCUT2D eigenvalue weighted by molar-refractivity contribution is 7.99. The van der Waals surface area contributed by atoms with Crippen molar-refractivity contribution in [3.8, 4) is 11.8 Å². The molecule has 31 heavy (non-hydrogen) atoms. The van der Waals surface area contributed by atoms with Gasteiger partial charge in [0.1, 0.15) is 17.7 Å². The van der Waals surface area contributed by atoms with Gasteiger partial charge in [0.25, 0.3) is 0 Å². The van der Waals surface area contributed by atoms with Crippen LogP contribution < -0.4 is 5.32 Å². The number of thioether (sulfide) groups is 1. The summed E-state index contributed by atoms with van der Waals surface area (Å²) < 4.78 is 54.2. The number of rotatable bonds is 5. The number of hydrogen-bond donors (Lipinski definition) is 1. The number of nitriles is 1. The molecule has 2 heterocycles. The number of amides is 1. The monoisotopic (exact) mass is 452 g/mol. The van der Waals surface area contributed by atoms with Crippen LogP contribution in [0.15, 0.2) is 29.4 Å². The molecule has 0 saturated heterocycles. The van der Waals surface area contributed by atoms with Crippen LogP contribution in [0.2, 0.25) is 0 Å². The van der Waals surface area contributed by atoms with Crippen molar-refractivity contribution in [3.63, 3.8) is 0 Å². The number of benzene rings is 1. The van der Waals surface area contributed by atoms with E-state index in [0.29, 0.717) is 16.9 Å². The standard InChI is InChI=1S/C19H16F4N6OS/c1-10-11(2)29(13-6-4-12(20)5-7-13)16(14(10)8-24)25-15(30)9-31-18-27-26-17(28(18)3)19(21,22)23/h4-7H,9H2,1-3H3,(H,25,30). The van der Waals surface area contributed by atoms with Gasteiger partial charge in [-0.15, -0.1) is 10.2 Å². The quantitative estimate of drug-likeness (QED) is 0.467. The molecule has 0 fully saturated rings. The Hall–Kier alpha value is -3.33. The van der Waals surface area contributed by atoms with E-state index in [0.717, 1.165) is 23.4 Å². The average Bonchev–Trinajstić information content (AvgIpc) is 3.18. The average molecular weight is 452 g/mol. The molecule has 7 nitrogen and oxygen atoms in total. The van der Waals surface area contributed by atoms with E-state index in [1.165, 1.54) is 24.3 Å². The van der Waals surface area contributed by atoms with E-state index in [-0.39, 0.29) is 22.3 Å². The third-order valence-corrected chi connectivity index (χ3v) is 5.61. The van der Waals surface area contributed by atoms with Gasteiger partial charge in [0.05, 0.1) is 11.3 Å². The minimum atomic E-state index is -4.66. The summed E-state index contributed by atoms with van der Waals surface area (Å²) in [5.74, 6) is -2.22. The predicted molar refractivity (Wildman–Crippen MR) is 105 cm³/mol. The Morgan fingerprint density at radius 2 is 1.87 bits per heavy atom. The van der Waals surface area contributed by atoms with Crippen molar-refractivity contribution in [1.82, 2.24) is 19.3 Å². The summed E-state index contributed by atoms with van der Waals surface area (Å²) in [6.45, 7) is 3.47. The van der Waals surface area contributed by atoms with Gasteiger partial charge in [-0.3, -0.25) is 9.36 Å². The lowest BCUT2D eigenvalue weighted by Crippen LogP contribution is -2.18. The lowest BCUT2D eigenvalue weighted by atomic mass is 10.2. The lowest BCUT2D eigenvalue weighted by Gasteiger charge is -2.13. The zero-order valence-electron chi connectivity index (χ0n) is 16.6. The second-order valence-corrected chi connectivity index (χ2v) is 7.50. The predicted octanol–water partition coefficient (Wildman–Crippen LogP) is 3.98. The maximum atomic E-state index is 13.3. The molecule has 3 aromatic rings. The maximum Gasteiger partial charge on any atom is 0.451 e. The third kappa shape index (κ3) is 4.41. The smallest absolute Gasteiger partial charge is 0.310 e. The van der Waals surface area contributed by atoms with Crippen LogP contribution in [0.5, 0.6) is 0 Å². The van der Waals surface area contributed by atoms with E-state index in [9.17, 15) is 27.6 Å². The van der Waals surface area contributed by atoms with Gasteiger partial charge < -0.3 is 9.88 Å². The molecule has 1 N–H and O–H groups in total. The highest BCUT2D eigenvalue weighted by Crippen LogP contribution is 2.31. The highest BCUT2D eigenvalue weighted by atomic mass is 32.2. The van der Waals surface area contributed by atoms with Gasteiger partial charge in [0, 0.05) is 18.4 Å². The first-order chi connectivity index (χ1) is 14.5. The van der Waals surface area contributed by atoms with E-state index >= 15 is 0 Å². The van der Waals surface area contributed by atoms with Gasteiger partial charge in [-0.2, -0.15) is 18.4 Å². The Morgan fingerprint density at radius 3 is 2.42 bits per heavy atom. The van der Waals surface area contributed by atoms with Crippen LogP contribution >= 0.6 is 11.8 Å². The highest BCUT2D eigenvalue weighted by Gasteiger charge is 2.37. The maximum absolute atomic E-state index is 13.3. The molecule has 1 amide bonds. The van der Waals surface area contributed by atoms with Gasteiger partial charge in [0.15, 0.2) is 5.16 Å². The molecule has 2 aromatic heterocycles. The SMILES string of the molecule is Cc1c(C#N)c(NC(=O)CSc2nnc(C(F)(F)F)n2C)n(-c2ccc(F)cc2)c1C. The summed E-state index contributed by atoms with van der Waals surface area (Å²) in [5.41, 5.74) is 2.08. The Bertz CT molecular complexity index is 1170. The second kappa shape index (κ2) is 8.43. The number of nitrogens with one attached hydrogen (secondary N) is 1. The number of aromatic nitrogens is 4. The molecule has 0 unspecified atom stereocenters. The molecule has 0 aliphatic rings. The first-order valence-corrected chi connectivity index (χ1v) is 9.80. The van der Waals surface area contributed by atoms with Gasteiger partial charge in [-0.25, -0.2) is 4.39 Å². The number of nitrogens with zero attached hydrogens (tertiary/aromatic N) is 5. The second-order valence-electron chi connectivity index (χ2n) is 6.56. The van der Waals surface area contributed by atoms with Crippen LogP contribution in [-0.2, 0) is 18.0 Å². The third-order valence-electron chi connectivity index (χ3n) is 4.59. The fourth-order valence-corrected chi connectivity index (χ4v) is 3.67. The van der Waals surface area contributed by atoms with Crippen LogP contribution in [0.4, 0.5) is 23.4 Å². The van der Waals surface area contributed by atoms with Crippen LogP contribution in [0.25, 0.3) is 5.69 Å². The first-order valence-electron chi connectivity index (χ1n) is 8.81. The number of anilines is 1. The van der Waals surface area contributed by atoms with Crippen LogP contribution in [0, 0.1) is 31.0 Å². The number of hydrogen-bond acceptors (Lipinski definition) is 5. The normalized spacial score (nSPS) is 11.4. The van der Waals surface area contributed by atoms with Gasteiger partial charge in [-0.1, -0.05) is 11.8 Å². The Morgan fingerprint density at radius 1 is 1.23 bits per heavy atom. The van der Waals surface area contributed by atoms with Crippen molar-refractivity contribution in [3.05, 3.63) is 52.7 Å². The van der Waals surface area contributed by atoms with Crippen LogP contribution in [0.3, 0.4) is 0 Å². The zero-order chi connectivity index (χ0) is 22.9. The fraction of sp³-hybridized carbons (Fsp3) is 0.263. The molecule has 3 rings (SSSR count). The molecule has 0 aliphatic carbocycles. The zero-order valence-corrected chi connectivity index (χ0v) is 17.4. The first kappa shape index (κ1) is 22.4. The molecule has 0 atom stereocenters. The van der Waals surface area contributed by atoms with Crippen molar-refractivity contribution in [2.24, 2.45) is 7.05 Å². The molecule has 0 radical (unpaired) electrons. The molecular formula is C19H16F4N6OS. The fourth-order valence-electron chi connectivity index (χ4n) is 2.96. The summed E-state index contributed by atoms with van der Waals surface area (Å²) in [5, 5.41) is 18.7. The number of carbonyl (C=O) groups excluding carboxylic acids is 1. The topological polar surface area (TPSA) is 88.5 Å². The minimum absolute atomic E-state index is 0.0794. The molecule has 162 valence electrons. The molecule has 0 aliphatic heterocycles. The summed E-state index contributed by atoms with van der Waals surface area (Å²) in [6.07, 6.45) is -4.66. The van der Waals surface area contributed by atoms with E-state index < -0.39 is 23.7 Å². The van der Waals surface area contributed by atoms with Crippen molar-refractivity contribution >= 4 is 23.5 Å². The largest absolute Gasteiger partial charge is 0.451 e. The Balaban J connectivity index is 1.85. The minimum Gasteiger partial charge on any atom is -0.310 e. The number of halogens is 4. The van der Waals surface area contributed by atoms with E-state index in [1.807, 2.05) is 6.07 Å². The molecule has 12 heteroatoms. The summed E-state index contributed by atoms with van der Waals surface area (Å²) in [4.78, 5) is 12.5. The van der Waals surface area contributed by atoms with Crippen LogP contribution in [0.1, 0.15) is 22.6 Å². The van der Waals surface area contributed by atoms with Gasteiger partial charge in [0.2, 0.25) is 11.7 Å². The molecule has 1 aromatic carbocycles. The number of alkyl halides is 3. The van der Waals surface area contributed by atoms with E-state index in [1.54, 1.807) is 18.4 Å². The Labute approximate surface area is 178 Å². The van der Waals surface area contributed by atoms with Gasteiger partial charge >= 0.3 is 6.18 Å². The van der Waals surface area contributed by atoms with Crippen LogP contribution in [-0.4, -0.2) is 31.0 Å². The van der Waals surface area contributed by atoms with Gasteiger partial charge in [-0.05, 0) is 43.7 Å². The van der Waals surface area contributed by atoms with Crippen molar-refractivity contribution in [1.29, 1.82) is 5.26 Å². The van der Waals surface area contributed by atoms with E-state index in [2.05, 4.69) is 15.5 Å². The Kier molecular flexibility index (Phi) is 6.08. The summed E-state index contributed by atoms with van der Waals surface area (Å²) in [6, 6.07) is 7.57. The lowest BCUT2D eigenvalue weighted by molar-refractivity contribution is -0.147. The van der Waals surface area contributed by atoms with Crippen molar-refractivity contribution in [2.45, 2.75) is 25.2 Å². The van der Waals surface area contributed by atoms with Crippen molar-refractivity contribution in [2.75, 3.05) is 11.1 Å². The summed E-state index contributed by atoms with van der Waals surface area (Å²) in [7, 11) is 1.16. The molecule has 0 bridgehead atoms. The molecule has 0 spiro atoms. The number of carbonyl (C=O) groups is 1.